The summed E-state index contributed by atoms with van der Waals surface area (Å²) in [5.74, 6) is 0.925. The Balaban J connectivity index is 1.79. The van der Waals surface area contributed by atoms with E-state index in [0.717, 1.165) is 27.6 Å². The van der Waals surface area contributed by atoms with Crippen LogP contribution in [0.3, 0.4) is 0 Å². The molecule has 0 heterocycles. The first kappa shape index (κ1) is 13.2. The zero-order chi connectivity index (χ0) is 12.1. The quantitative estimate of drug-likeness (QED) is 0.775. The van der Waals surface area contributed by atoms with Gasteiger partial charge >= 0.3 is 0 Å². The molecule has 1 N–H and O–H groups in total. The van der Waals surface area contributed by atoms with Crippen LogP contribution >= 0.6 is 27.5 Å². The lowest BCUT2D eigenvalue weighted by molar-refractivity contribution is 0.345. The number of nitrogens with one attached hydrogen (secondary N) is 1. The van der Waals surface area contributed by atoms with Crippen LogP contribution < -0.4 is 5.32 Å². The van der Waals surface area contributed by atoms with Crippen molar-refractivity contribution in [1.82, 2.24) is 0 Å². The molecule has 1 saturated carbocycles. The van der Waals surface area contributed by atoms with Crippen molar-refractivity contribution in [3.8, 4) is 0 Å². The Labute approximate surface area is 117 Å². The highest BCUT2D eigenvalue weighted by molar-refractivity contribution is 9.10. The molecular weight excluding hydrogens is 298 g/mol. The first-order valence-corrected chi connectivity index (χ1v) is 7.62. The summed E-state index contributed by atoms with van der Waals surface area (Å²) in [5.41, 5.74) is 1.10. The van der Waals surface area contributed by atoms with Crippen molar-refractivity contribution in [1.29, 1.82) is 0 Å². The van der Waals surface area contributed by atoms with Crippen molar-refractivity contribution in [3.05, 3.63) is 27.7 Å². The van der Waals surface area contributed by atoms with Gasteiger partial charge in [-0.1, -0.05) is 43.7 Å². The van der Waals surface area contributed by atoms with E-state index in [9.17, 15) is 0 Å². The third-order valence-electron chi connectivity index (χ3n) is 3.52. The fourth-order valence-electron chi connectivity index (χ4n) is 2.52. The molecule has 0 aromatic heterocycles. The highest BCUT2D eigenvalue weighted by atomic mass is 79.9. The molecule has 1 fully saturated rings. The SMILES string of the molecule is Clc1ccc(Br)c(NCCC2CCCCC2)c1. The van der Waals surface area contributed by atoms with Gasteiger partial charge in [0.2, 0.25) is 0 Å². The van der Waals surface area contributed by atoms with Crippen LogP contribution in [0.25, 0.3) is 0 Å². The van der Waals surface area contributed by atoms with Crippen molar-refractivity contribution < 1.29 is 0 Å². The summed E-state index contributed by atoms with van der Waals surface area (Å²) >= 11 is 9.52. The van der Waals surface area contributed by atoms with Crippen LogP contribution in [0.15, 0.2) is 22.7 Å². The van der Waals surface area contributed by atoms with Gasteiger partial charge in [0.25, 0.3) is 0 Å². The minimum Gasteiger partial charge on any atom is -0.384 e. The Morgan fingerprint density at radius 2 is 2.00 bits per heavy atom. The van der Waals surface area contributed by atoms with Crippen LogP contribution in [0.1, 0.15) is 38.5 Å². The van der Waals surface area contributed by atoms with Gasteiger partial charge in [-0.2, -0.15) is 0 Å². The Kier molecular flexibility index (Phi) is 5.17. The Bertz CT molecular complexity index is 361. The zero-order valence-corrected chi connectivity index (χ0v) is 12.4. The van der Waals surface area contributed by atoms with Gasteiger partial charge in [-0.05, 0) is 46.5 Å². The fraction of sp³-hybridized carbons (Fsp3) is 0.571. The second kappa shape index (κ2) is 6.65. The lowest BCUT2D eigenvalue weighted by atomic mass is 9.87. The Morgan fingerprint density at radius 3 is 2.76 bits per heavy atom. The molecule has 0 aliphatic heterocycles. The summed E-state index contributed by atoms with van der Waals surface area (Å²) in [4.78, 5) is 0. The van der Waals surface area contributed by atoms with Crippen LogP contribution in [0.2, 0.25) is 5.02 Å². The maximum absolute atomic E-state index is 5.98. The number of halogens is 2. The zero-order valence-electron chi connectivity index (χ0n) is 10.0. The summed E-state index contributed by atoms with van der Waals surface area (Å²) in [6.45, 7) is 1.05. The molecule has 0 saturated heterocycles. The van der Waals surface area contributed by atoms with Crippen LogP contribution in [0.5, 0.6) is 0 Å². The minimum absolute atomic E-state index is 0.786. The van der Waals surface area contributed by atoms with Gasteiger partial charge < -0.3 is 5.32 Å². The van der Waals surface area contributed by atoms with E-state index in [1.807, 2.05) is 18.2 Å². The summed E-state index contributed by atoms with van der Waals surface area (Å²) in [7, 11) is 0. The van der Waals surface area contributed by atoms with E-state index in [1.54, 1.807) is 0 Å². The van der Waals surface area contributed by atoms with Crippen molar-refractivity contribution in [2.75, 3.05) is 11.9 Å². The van der Waals surface area contributed by atoms with Gasteiger partial charge in [0.1, 0.15) is 0 Å². The maximum atomic E-state index is 5.98. The normalized spacial score (nSPS) is 17.1. The molecule has 1 aliphatic carbocycles. The fourth-order valence-corrected chi connectivity index (χ4v) is 3.08. The summed E-state index contributed by atoms with van der Waals surface area (Å²) in [6.07, 6.45) is 8.39. The molecule has 1 aromatic rings. The molecule has 0 amide bonds. The highest BCUT2D eigenvalue weighted by Crippen LogP contribution is 2.28. The number of hydrogen-bond acceptors (Lipinski definition) is 1. The molecule has 94 valence electrons. The largest absolute Gasteiger partial charge is 0.384 e. The van der Waals surface area contributed by atoms with Crippen molar-refractivity contribution >= 4 is 33.2 Å². The number of anilines is 1. The lowest BCUT2D eigenvalue weighted by Crippen LogP contribution is -2.12. The van der Waals surface area contributed by atoms with Crippen LogP contribution in [-0.2, 0) is 0 Å². The van der Waals surface area contributed by atoms with E-state index in [2.05, 4.69) is 21.2 Å². The number of rotatable bonds is 4. The Hall–Kier alpha value is -0.210. The molecule has 3 heteroatoms. The molecule has 0 bridgehead atoms. The second-order valence-corrected chi connectivity index (χ2v) is 6.13. The van der Waals surface area contributed by atoms with E-state index in [0.29, 0.717) is 0 Å². The van der Waals surface area contributed by atoms with Crippen molar-refractivity contribution in [2.24, 2.45) is 5.92 Å². The smallest absolute Gasteiger partial charge is 0.0499 e. The van der Waals surface area contributed by atoms with Gasteiger partial charge in [-0.3, -0.25) is 0 Å². The molecule has 2 rings (SSSR count). The molecule has 0 radical (unpaired) electrons. The average molecular weight is 317 g/mol. The maximum Gasteiger partial charge on any atom is 0.0499 e. The van der Waals surface area contributed by atoms with E-state index >= 15 is 0 Å². The van der Waals surface area contributed by atoms with Crippen LogP contribution in [-0.4, -0.2) is 6.54 Å². The molecule has 1 aromatic carbocycles. The molecule has 1 nitrogen and oxygen atoms in total. The van der Waals surface area contributed by atoms with Gasteiger partial charge in [-0.25, -0.2) is 0 Å². The lowest BCUT2D eigenvalue weighted by Gasteiger charge is -2.21. The molecule has 0 atom stereocenters. The summed E-state index contributed by atoms with van der Waals surface area (Å²) < 4.78 is 1.09. The topological polar surface area (TPSA) is 12.0 Å². The third-order valence-corrected chi connectivity index (χ3v) is 4.45. The number of hydrogen-bond donors (Lipinski definition) is 1. The first-order valence-electron chi connectivity index (χ1n) is 6.44. The van der Waals surface area contributed by atoms with Gasteiger partial charge in [0.15, 0.2) is 0 Å². The molecule has 17 heavy (non-hydrogen) atoms. The monoisotopic (exact) mass is 315 g/mol. The van der Waals surface area contributed by atoms with Crippen LogP contribution in [0, 0.1) is 5.92 Å². The molecular formula is C14H19BrClN. The Morgan fingerprint density at radius 1 is 1.24 bits per heavy atom. The van der Waals surface area contributed by atoms with E-state index in [-0.39, 0.29) is 0 Å². The summed E-state index contributed by atoms with van der Waals surface area (Å²) in [5, 5.41) is 4.26. The van der Waals surface area contributed by atoms with Crippen molar-refractivity contribution in [2.45, 2.75) is 38.5 Å². The average Bonchev–Trinajstić information content (AvgIpc) is 2.35. The van der Waals surface area contributed by atoms with Crippen LogP contribution in [0.4, 0.5) is 5.69 Å². The molecule has 1 aliphatic rings. The summed E-state index contributed by atoms with van der Waals surface area (Å²) in [6, 6.07) is 5.87. The highest BCUT2D eigenvalue weighted by Gasteiger charge is 2.12. The predicted molar refractivity (Wildman–Crippen MR) is 78.8 cm³/mol. The van der Waals surface area contributed by atoms with E-state index < -0.39 is 0 Å². The minimum atomic E-state index is 0.786. The van der Waals surface area contributed by atoms with E-state index in [1.165, 1.54) is 38.5 Å². The number of benzene rings is 1. The second-order valence-electron chi connectivity index (χ2n) is 4.84. The van der Waals surface area contributed by atoms with Gasteiger partial charge in [-0.15, -0.1) is 0 Å². The predicted octanol–water partition coefficient (Wildman–Crippen LogP) is 5.48. The molecule has 0 unspecified atom stereocenters. The third kappa shape index (κ3) is 4.18. The van der Waals surface area contributed by atoms with E-state index in [4.69, 9.17) is 11.6 Å². The molecule has 0 spiro atoms. The first-order chi connectivity index (χ1) is 8.25. The van der Waals surface area contributed by atoms with Gasteiger partial charge in [0, 0.05) is 21.7 Å². The van der Waals surface area contributed by atoms with Crippen molar-refractivity contribution in [3.63, 3.8) is 0 Å². The van der Waals surface area contributed by atoms with Gasteiger partial charge in [0.05, 0.1) is 0 Å². The standard InChI is InChI=1S/C14H19BrClN/c15-13-7-6-12(16)10-14(13)17-9-8-11-4-2-1-3-5-11/h6-7,10-11,17H,1-5,8-9H2.